The Morgan fingerprint density at radius 3 is 2.58 bits per heavy atom. The van der Waals surface area contributed by atoms with E-state index in [1.807, 2.05) is 24.3 Å². The zero-order valence-corrected chi connectivity index (χ0v) is 20.7. The summed E-state index contributed by atoms with van der Waals surface area (Å²) in [6.07, 6.45) is 7.60. The number of hydrogen-bond donors (Lipinski definition) is 4. The Labute approximate surface area is 211 Å². The van der Waals surface area contributed by atoms with Crippen molar-refractivity contribution in [3.8, 4) is 5.75 Å². The van der Waals surface area contributed by atoms with Gasteiger partial charge in [0.25, 0.3) is 5.91 Å². The summed E-state index contributed by atoms with van der Waals surface area (Å²) >= 11 is 0. The number of ether oxygens (including phenoxy) is 1. The molecule has 1 aromatic heterocycles. The number of rotatable bonds is 11. The molecule has 192 valence electrons. The van der Waals surface area contributed by atoms with Crippen molar-refractivity contribution in [2.75, 3.05) is 25.5 Å². The number of H-pyrrole nitrogens is 1. The van der Waals surface area contributed by atoms with Crippen LogP contribution >= 0.6 is 0 Å². The van der Waals surface area contributed by atoms with Gasteiger partial charge in [0.1, 0.15) is 23.3 Å². The molecule has 2 amide bonds. The average molecular weight is 495 g/mol. The van der Waals surface area contributed by atoms with Crippen molar-refractivity contribution in [2.24, 2.45) is 5.92 Å². The molecular formula is C28H35FN4O3. The Kier molecular flexibility index (Phi) is 8.81. The van der Waals surface area contributed by atoms with Crippen LogP contribution in [-0.4, -0.2) is 43.0 Å². The Hall–Kier alpha value is -3.55. The highest BCUT2D eigenvalue weighted by Crippen LogP contribution is 2.28. The molecule has 0 bridgehead atoms. The SMILES string of the molecule is COc1ccc(NCCNC(=O)[C@H](CCC2CCCCC2)NC(=O)c2cc3cc(F)ccc3[nH]2)cc1. The number of methoxy groups -OCH3 is 1. The Balaban J connectivity index is 1.34. The molecule has 2 aromatic carbocycles. The van der Waals surface area contributed by atoms with E-state index in [1.54, 1.807) is 19.2 Å². The van der Waals surface area contributed by atoms with Crippen molar-refractivity contribution in [1.29, 1.82) is 0 Å². The lowest BCUT2D eigenvalue weighted by molar-refractivity contribution is -0.123. The van der Waals surface area contributed by atoms with Gasteiger partial charge < -0.3 is 25.7 Å². The van der Waals surface area contributed by atoms with Gasteiger partial charge in [0.2, 0.25) is 5.91 Å². The lowest BCUT2D eigenvalue weighted by Crippen LogP contribution is -2.48. The first-order valence-corrected chi connectivity index (χ1v) is 12.8. The molecule has 8 heteroatoms. The normalized spacial score (nSPS) is 14.8. The summed E-state index contributed by atoms with van der Waals surface area (Å²) in [7, 11) is 1.62. The van der Waals surface area contributed by atoms with Crippen molar-refractivity contribution < 1.29 is 18.7 Å². The van der Waals surface area contributed by atoms with E-state index in [0.29, 0.717) is 42.0 Å². The minimum Gasteiger partial charge on any atom is -0.497 e. The van der Waals surface area contributed by atoms with Crippen LogP contribution in [-0.2, 0) is 4.79 Å². The summed E-state index contributed by atoms with van der Waals surface area (Å²) in [4.78, 5) is 29.1. The van der Waals surface area contributed by atoms with E-state index in [9.17, 15) is 14.0 Å². The molecule has 3 aromatic rings. The van der Waals surface area contributed by atoms with Gasteiger partial charge in [0.15, 0.2) is 0 Å². The smallest absolute Gasteiger partial charge is 0.268 e. The number of halogens is 1. The molecule has 1 aliphatic rings. The van der Waals surface area contributed by atoms with Crippen LogP contribution in [0.25, 0.3) is 10.9 Å². The fraction of sp³-hybridized carbons (Fsp3) is 0.429. The van der Waals surface area contributed by atoms with Crippen LogP contribution in [0.5, 0.6) is 5.75 Å². The molecule has 1 aliphatic carbocycles. The Morgan fingerprint density at radius 1 is 1.06 bits per heavy atom. The molecule has 1 atom stereocenters. The molecule has 1 saturated carbocycles. The first-order chi connectivity index (χ1) is 17.5. The predicted molar refractivity (Wildman–Crippen MR) is 140 cm³/mol. The summed E-state index contributed by atoms with van der Waals surface area (Å²) < 4.78 is 18.7. The van der Waals surface area contributed by atoms with E-state index in [4.69, 9.17) is 4.74 Å². The minimum atomic E-state index is -0.636. The maximum atomic E-state index is 13.6. The molecule has 4 N–H and O–H groups in total. The largest absolute Gasteiger partial charge is 0.497 e. The Morgan fingerprint density at radius 2 is 1.83 bits per heavy atom. The number of carbonyl (C=O) groups is 2. The van der Waals surface area contributed by atoms with Crippen molar-refractivity contribution >= 4 is 28.4 Å². The number of benzene rings is 2. The second kappa shape index (κ2) is 12.4. The minimum absolute atomic E-state index is 0.196. The molecule has 1 heterocycles. The number of nitrogens with one attached hydrogen (secondary N) is 4. The van der Waals surface area contributed by atoms with Crippen molar-refractivity contribution in [2.45, 2.75) is 51.0 Å². The van der Waals surface area contributed by atoms with Gasteiger partial charge in [0.05, 0.1) is 7.11 Å². The number of anilines is 1. The highest BCUT2D eigenvalue weighted by Gasteiger charge is 2.24. The molecule has 0 aliphatic heterocycles. The number of carbonyl (C=O) groups excluding carboxylic acids is 2. The maximum absolute atomic E-state index is 13.6. The standard InChI is InChI=1S/C28H35FN4O3/c1-36-23-11-9-22(10-12-23)30-15-16-31-27(34)25(13-7-19-5-3-2-4-6-19)33-28(35)26-18-20-17-21(29)8-14-24(20)32-26/h8-12,14,17-19,25,30,32H,2-7,13,15-16H2,1H3,(H,31,34)(H,33,35)/t25-/m0/s1. The second-order valence-corrected chi connectivity index (χ2v) is 9.47. The lowest BCUT2D eigenvalue weighted by atomic mass is 9.85. The van der Waals surface area contributed by atoms with Crippen LogP contribution in [0.2, 0.25) is 0 Å². The third-order valence-corrected chi connectivity index (χ3v) is 6.88. The molecule has 0 radical (unpaired) electrons. The van der Waals surface area contributed by atoms with Crippen molar-refractivity contribution in [1.82, 2.24) is 15.6 Å². The highest BCUT2D eigenvalue weighted by atomic mass is 19.1. The van der Waals surface area contributed by atoms with Crippen LogP contribution < -0.4 is 20.7 Å². The number of aromatic amines is 1. The molecule has 36 heavy (non-hydrogen) atoms. The van der Waals surface area contributed by atoms with E-state index >= 15 is 0 Å². The first-order valence-electron chi connectivity index (χ1n) is 12.8. The second-order valence-electron chi connectivity index (χ2n) is 9.47. The summed E-state index contributed by atoms with van der Waals surface area (Å²) in [5.41, 5.74) is 1.92. The van der Waals surface area contributed by atoms with Gasteiger partial charge >= 0.3 is 0 Å². The molecule has 0 spiro atoms. The Bertz CT molecular complexity index is 1160. The number of amides is 2. The van der Waals surface area contributed by atoms with Gasteiger partial charge in [-0.3, -0.25) is 9.59 Å². The van der Waals surface area contributed by atoms with Gasteiger partial charge in [-0.15, -0.1) is 0 Å². The van der Waals surface area contributed by atoms with E-state index in [1.165, 1.54) is 44.2 Å². The third kappa shape index (κ3) is 6.99. The van der Waals surface area contributed by atoms with Crippen molar-refractivity contribution in [3.05, 3.63) is 60.0 Å². The zero-order chi connectivity index (χ0) is 25.3. The van der Waals surface area contributed by atoms with Crippen LogP contribution in [0.3, 0.4) is 0 Å². The summed E-state index contributed by atoms with van der Waals surface area (Å²) in [6, 6.07) is 12.9. The molecule has 0 saturated heterocycles. The maximum Gasteiger partial charge on any atom is 0.268 e. The van der Waals surface area contributed by atoms with Crippen LogP contribution in [0.15, 0.2) is 48.5 Å². The number of hydrogen-bond acceptors (Lipinski definition) is 4. The monoisotopic (exact) mass is 494 g/mol. The van der Waals surface area contributed by atoms with E-state index < -0.39 is 6.04 Å². The molecule has 4 rings (SSSR count). The van der Waals surface area contributed by atoms with Crippen LogP contribution in [0.1, 0.15) is 55.4 Å². The molecule has 1 fully saturated rings. The van der Waals surface area contributed by atoms with E-state index in [2.05, 4.69) is 20.9 Å². The first kappa shape index (κ1) is 25.5. The fourth-order valence-electron chi connectivity index (χ4n) is 4.83. The number of aromatic nitrogens is 1. The van der Waals surface area contributed by atoms with Gasteiger partial charge in [-0.1, -0.05) is 32.1 Å². The van der Waals surface area contributed by atoms with Crippen LogP contribution in [0.4, 0.5) is 10.1 Å². The van der Waals surface area contributed by atoms with Gasteiger partial charge in [-0.05, 0) is 67.3 Å². The van der Waals surface area contributed by atoms with E-state index in [-0.39, 0.29) is 17.6 Å². The molecular weight excluding hydrogens is 459 g/mol. The van der Waals surface area contributed by atoms with Crippen LogP contribution in [0, 0.1) is 11.7 Å². The third-order valence-electron chi connectivity index (χ3n) is 6.88. The summed E-state index contributed by atoms with van der Waals surface area (Å²) in [5, 5.41) is 9.75. The van der Waals surface area contributed by atoms with Gasteiger partial charge in [-0.2, -0.15) is 0 Å². The fourth-order valence-corrected chi connectivity index (χ4v) is 4.83. The predicted octanol–water partition coefficient (Wildman–Crippen LogP) is 5.00. The molecule has 7 nitrogen and oxygen atoms in total. The zero-order valence-electron chi connectivity index (χ0n) is 20.7. The van der Waals surface area contributed by atoms with Crippen molar-refractivity contribution in [3.63, 3.8) is 0 Å². The number of fused-ring (bicyclic) bond motifs is 1. The lowest BCUT2D eigenvalue weighted by Gasteiger charge is -2.24. The van der Waals surface area contributed by atoms with E-state index in [0.717, 1.165) is 17.9 Å². The topological polar surface area (TPSA) is 95.2 Å². The highest BCUT2D eigenvalue weighted by molar-refractivity contribution is 6.00. The summed E-state index contributed by atoms with van der Waals surface area (Å²) in [6.45, 7) is 0.973. The van der Waals surface area contributed by atoms with Gasteiger partial charge in [0, 0.05) is 29.7 Å². The average Bonchev–Trinajstić information content (AvgIpc) is 3.33. The summed E-state index contributed by atoms with van der Waals surface area (Å²) in [5.74, 6) is 0.454. The quantitative estimate of drug-likeness (QED) is 0.282. The van der Waals surface area contributed by atoms with Gasteiger partial charge in [-0.25, -0.2) is 4.39 Å². The molecule has 0 unspecified atom stereocenters.